The van der Waals surface area contributed by atoms with Gasteiger partial charge in [-0.1, -0.05) is 0 Å². The molecule has 0 aromatic carbocycles. The van der Waals surface area contributed by atoms with Crippen molar-refractivity contribution in [3.8, 4) is 0 Å². The molecule has 1 amide bonds. The average molecular weight is 332 g/mol. The number of carboxylic acids is 1. The summed E-state index contributed by atoms with van der Waals surface area (Å²) in [6.45, 7) is 0.987. The molecule has 2 rings (SSSR count). The lowest BCUT2D eigenvalue weighted by Crippen LogP contribution is -2.48. The summed E-state index contributed by atoms with van der Waals surface area (Å²) in [6.07, 6.45) is 1.52. The number of hydrogen-bond acceptors (Lipinski definition) is 4. The van der Waals surface area contributed by atoms with Gasteiger partial charge in [0.15, 0.2) is 10.4 Å². The van der Waals surface area contributed by atoms with Crippen LogP contribution in [0.4, 0.5) is 0 Å². The van der Waals surface area contributed by atoms with Gasteiger partial charge in [-0.05, 0) is 40.9 Å². The smallest absolute Gasteiger partial charge is 0.326 e. The van der Waals surface area contributed by atoms with E-state index >= 15 is 0 Å². The van der Waals surface area contributed by atoms with Gasteiger partial charge >= 0.3 is 5.97 Å². The van der Waals surface area contributed by atoms with Crippen molar-refractivity contribution in [2.45, 2.75) is 18.9 Å². The molecule has 2 heterocycles. The number of furan rings is 1. The van der Waals surface area contributed by atoms with Crippen LogP contribution in [0.5, 0.6) is 0 Å². The third kappa shape index (κ3) is 3.57. The van der Waals surface area contributed by atoms with E-state index in [9.17, 15) is 14.7 Å². The fourth-order valence-electron chi connectivity index (χ4n) is 2.06. The number of carboxylic acid groups (broad SMARTS) is 1. The van der Waals surface area contributed by atoms with Gasteiger partial charge in [0.1, 0.15) is 6.04 Å². The van der Waals surface area contributed by atoms with Gasteiger partial charge < -0.3 is 19.6 Å². The number of hydrogen-bond donors (Lipinski definition) is 2. The van der Waals surface area contributed by atoms with Gasteiger partial charge in [-0.25, -0.2) is 4.79 Å². The van der Waals surface area contributed by atoms with Crippen LogP contribution in [0.2, 0.25) is 0 Å². The van der Waals surface area contributed by atoms with E-state index in [0.717, 1.165) is 12.8 Å². The molecule has 104 valence electrons. The summed E-state index contributed by atoms with van der Waals surface area (Å²) < 4.78 is 10.8. The molecule has 0 spiro atoms. The minimum atomic E-state index is -1.06. The Morgan fingerprint density at radius 2 is 2.26 bits per heavy atom. The van der Waals surface area contributed by atoms with E-state index < -0.39 is 17.9 Å². The SMILES string of the molecule is O=C(NC(C(=O)O)C1CCCOC1)c1ccc(Br)o1. The van der Waals surface area contributed by atoms with Gasteiger partial charge in [0.05, 0.1) is 6.61 Å². The highest BCUT2D eigenvalue weighted by atomic mass is 79.9. The van der Waals surface area contributed by atoms with Gasteiger partial charge in [-0.3, -0.25) is 4.79 Å². The largest absolute Gasteiger partial charge is 0.480 e. The number of carbonyl (C=O) groups excluding carboxylic acids is 1. The van der Waals surface area contributed by atoms with Crippen LogP contribution in [0.25, 0.3) is 0 Å². The number of nitrogens with one attached hydrogen (secondary N) is 1. The van der Waals surface area contributed by atoms with Gasteiger partial charge in [0.2, 0.25) is 0 Å². The summed E-state index contributed by atoms with van der Waals surface area (Å²) in [6, 6.07) is 2.10. The van der Waals surface area contributed by atoms with Crippen LogP contribution >= 0.6 is 15.9 Å². The van der Waals surface area contributed by atoms with E-state index in [2.05, 4.69) is 21.2 Å². The Balaban J connectivity index is 2.04. The Kier molecular flexibility index (Phi) is 4.60. The molecule has 1 saturated heterocycles. The molecule has 1 fully saturated rings. The first-order valence-electron chi connectivity index (χ1n) is 5.94. The number of carbonyl (C=O) groups is 2. The topological polar surface area (TPSA) is 88.8 Å². The van der Waals surface area contributed by atoms with Crippen LogP contribution in [0.3, 0.4) is 0 Å². The first-order chi connectivity index (χ1) is 9.08. The minimum absolute atomic E-state index is 0.0786. The lowest BCUT2D eigenvalue weighted by atomic mass is 9.93. The number of rotatable bonds is 4. The average Bonchev–Trinajstić information content (AvgIpc) is 2.83. The van der Waals surface area contributed by atoms with Crippen molar-refractivity contribution in [2.24, 2.45) is 5.92 Å². The van der Waals surface area contributed by atoms with E-state index in [1.54, 1.807) is 6.07 Å². The van der Waals surface area contributed by atoms with Crippen LogP contribution in [-0.4, -0.2) is 36.2 Å². The quantitative estimate of drug-likeness (QED) is 0.875. The Labute approximate surface area is 118 Å². The van der Waals surface area contributed by atoms with Crippen LogP contribution in [-0.2, 0) is 9.53 Å². The first-order valence-corrected chi connectivity index (χ1v) is 6.74. The maximum Gasteiger partial charge on any atom is 0.326 e. The molecular formula is C12H14BrNO5. The van der Waals surface area contributed by atoms with E-state index in [-0.39, 0.29) is 11.7 Å². The molecule has 0 saturated carbocycles. The summed E-state index contributed by atoms with van der Waals surface area (Å²) in [4.78, 5) is 23.1. The van der Waals surface area contributed by atoms with Crippen molar-refractivity contribution in [2.75, 3.05) is 13.2 Å². The third-order valence-electron chi connectivity index (χ3n) is 3.02. The van der Waals surface area contributed by atoms with Crippen molar-refractivity contribution in [3.05, 3.63) is 22.6 Å². The fourth-order valence-corrected chi connectivity index (χ4v) is 2.36. The highest BCUT2D eigenvalue weighted by Gasteiger charge is 2.32. The molecule has 1 aromatic heterocycles. The van der Waals surface area contributed by atoms with Crippen molar-refractivity contribution >= 4 is 27.8 Å². The normalized spacial score (nSPS) is 20.8. The molecule has 0 aliphatic carbocycles. The first kappa shape index (κ1) is 14.1. The Bertz CT molecular complexity index is 466. The maximum atomic E-state index is 11.9. The lowest BCUT2D eigenvalue weighted by Gasteiger charge is -2.27. The number of amides is 1. The highest BCUT2D eigenvalue weighted by molar-refractivity contribution is 9.10. The lowest BCUT2D eigenvalue weighted by molar-refractivity contribution is -0.142. The van der Waals surface area contributed by atoms with Gasteiger partial charge in [0, 0.05) is 12.5 Å². The van der Waals surface area contributed by atoms with Gasteiger partial charge in [-0.15, -0.1) is 0 Å². The van der Waals surface area contributed by atoms with Crippen molar-refractivity contribution in [3.63, 3.8) is 0 Å². The van der Waals surface area contributed by atoms with E-state index in [1.165, 1.54) is 6.07 Å². The second-order valence-corrected chi connectivity index (χ2v) is 5.15. The number of ether oxygens (including phenoxy) is 1. The summed E-state index contributed by atoms with van der Waals surface area (Å²) in [7, 11) is 0. The van der Waals surface area contributed by atoms with Gasteiger partial charge in [0.25, 0.3) is 5.91 Å². The Morgan fingerprint density at radius 3 is 2.79 bits per heavy atom. The molecular weight excluding hydrogens is 318 g/mol. The maximum absolute atomic E-state index is 11.9. The fraction of sp³-hybridized carbons (Fsp3) is 0.500. The highest BCUT2D eigenvalue weighted by Crippen LogP contribution is 2.19. The molecule has 1 aliphatic rings. The molecule has 6 nitrogen and oxygen atoms in total. The molecule has 0 bridgehead atoms. The predicted molar refractivity (Wildman–Crippen MR) is 68.8 cm³/mol. The number of aliphatic carboxylic acids is 1. The Hall–Kier alpha value is -1.34. The molecule has 1 aliphatic heterocycles. The van der Waals surface area contributed by atoms with Crippen LogP contribution < -0.4 is 5.32 Å². The molecule has 7 heteroatoms. The van der Waals surface area contributed by atoms with Crippen LogP contribution in [0.1, 0.15) is 23.4 Å². The van der Waals surface area contributed by atoms with E-state index in [0.29, 0.717) is 17.9 Å². The zero-order chi connectivity index (χ0) is 13.8. The van der Waals surface area contributed by atoms with E-state index in [4.69, 9.17) is 9.15 Å². The zero-order valence-electron chi connectivity index (χ0n) is 10.1. The summed E-state index contributed by atoms with van der Waals surface area (Å²) in [5, 5.41) is 11.7. The van der Waals surface area contributed by atoms with Crippen molar-refractivity contribution in [1.82, 2.24) is 5.32 Å². The predicted octanol–water partition coefficient (Wildman–Crippen LogP) is 1.65. The van der Waals surface area contributed by atoms with Crippen LogP contribution in [0, 0.1) is 5.92 Å². The summed E-state index contributed by atoms with van der Waals surface area (Å²) in [5.41, 5.74) is 0. The Morgan fingerprint density at radius 1 is 1.47 bits per heavy atom. The molecule has 2 atom stereocenters. The third-order valence-corrected chi connectivity index (χ3v) is 3.44. The standard InChI is InChI=1S/C12H14BrNO5/c13-9-4-3-8(19-9)11(15)14-10(12(16)17)7-2-1-5-18-6-7/h3-4,7,10H,1-2,5-6H2,(H,14,15)(H,16,17). The molecule has 19 heavy (non-hydrogen) atoms. The minimum Gasteiger partial charge on any atom is -0.480 e. The second kappa shape index (κ2) is 6.21. The number of halogens is 1. The second-order valence-electron chi connectivity index (χ2n) is 4.37. The molecule has 0 radical (unpaired) electrons. The molecule has 2 unspecified atom stereocenters. The molecule has 1 aromatic rings. The molecule has 2 N–H and O–H groups in total. The van der Waals surface area contributed by atoms with Crippen LogP contribution in [0.15, 0.2) is 21.2 Å². The van der Waals surface area contributed by atoms with Gasteiger partial charge in [-0.2, -0.15) is 0 Å². The monoisotopic (exact) mass is 331 g/mol. The summed E-state index contributed by atoms with van der Waals surface area (Å²) >= 11 is 3.09. The van der Waals surface area contributed by atoms with Crippen molar-refractivity contribution in [1.29, 1.82) is 0 Å². The van der Waals surface area contributed by atoms with E-state index in [1.807, 2.05) is 0 Å². The van der Waals surface area contributed by atoms with Crippen molar-refractivity contribution < 1.29 is 23.8 Å². The zero-order valence-corrected chi connectivity index (χ0v) is 11.7. The summed E-state index contributed by atoms with van der Waals surface area (Å²) in [5.74, 6) is -1.73.